The number of benzene rings is 2. The van der Waals surface area contributed by atoms with Crippen LogP contribution in [0.15, 0.2) is 42.5 Å². The summed E-state index contributed by atoms with van der Waals surface area (Å²) in [6.45, 7) is 2.42. The van der Waals surface area contributed by atoms with Crippen LogP contribution in [-0.4, -0.2) is 5.11 Å². The van der Waals surface area contributed by atoms with Crippen LogP contribution < -0.4 is 5.32 Å². The molecule has 0 radical (unpaired) electrons. The van der Waals surface area contributed by atoms with Crippen molar-refractivity contribution in [3.05, 3.63) is 64.4 Å². The number of rotatable bonds is 4. The zero-order chi connectivity index (χ0) is 13.8. The Kier molecular flexibility index (Phi) is 4.40. The van der Waals surface area contributed by atoms with Crippen molar-refractivity contribution in [3.8, 4) is 5.75 Å². The Morgan fingerprint density at radius 3 is 2.53 bits per heavy atom. The molecule has 2 aromatic carbocycles. The highest BCUT2D eigenvalue weighted by atomic mass is 35.5. The van der Waals surface area contributed by atoms with Gasteiger partial charge in [0.25, 0.3) is 0 Å². The third-order valence-electron chi connectivity index (χ3n) is 3.05. The van der Waals surface area contributed by atoms with E-state index in [1.165, 1.54) is 12.1 Å². The second kappa shape index (κ2) is 6.04. The molecule has 0 aliphatic carbocycles. The lowest BCUT2D eigenvalue weighted by Gasteiger charge is -2.15. The van der Waals surface area contributed by atoms with Gasteiger partial charge in [0.2, 0.25) is 0 Å². The number of phenols is 1. The molecule has 0 fully saturated rings. The van der Waals surface area contributed by atoms with E-state index >= 15 is 0 Å². The molecule has 0 bridgehead atoms. The fraction of sp³-hybridized carbons (Fsp3) is 0.200. The minimum atomic E-state index is -0.250. The standard InChI is InChI=1S/C15H15ClFNO/c1-10(11-5-7-12(17)8-6-11)18-9-13-14(16)3-2-4-15(13)19/h2-8,10,18-19H,9H2,1H3/t10-/m1/s1. The van der Waals surface area contributed by atoms with Gasteiger partial charge in [-0.05, 0) is 36.8 Å². The van der Waals surface area contributed by atoms with Gasteiger partial charge in [0.05, 0.1) is 0 Å². The molecule has 2 aromatic rings. The van der Waals surface area contributed by atoms with Gasteiger partial charge in [0.1, 0.15) is 11.6 Å². The molecule has 0 unspecified atom stereocenters. The Labute approximate surface area is 116 Å². The van der Waals surface area contributed by atoms with Gasteiger partial charge in [-0.3, -0.25) is 0 Å². The molecular formula is C15H15ClFNO. The molecule has 2 N–H and O–H groups in total. The van der Waals surface area contributed by atoms with Crippen LogP contribution in [0, 0.1) is 5.82 Å². The quantitative estimate of drug-likeness (QED) is 0.885. The lowest BCUT2D eigenvalue weighted by Crippen LogP contribution is -2.18. The number of aromatic hydroxyl groups is 1. The molecule has 2 nitrogen and oxygen atoms in total. The van der Waals surface area contributed by atoms with Crippen molar-refractivity contribution in [2.75, 3.05) is 0 Å². The maximum absolute atomic E-state index is 12.8. The Morgan fingerprint density at radius 1 is 1.21 bits per heavy atom. The average molecular weight is 280 g/mol. The van der Waals surface area contributed by atoms with Crippen molar-refractivity contribution in [2.45, 2.75) is 19.5 Å². The first kappa shape index (κ1) is 13.8. The summed E-state index contributed by atoms with van der Waals surface area (Å²) in [6, 6.07) is 11.4. The average Bonchev–Trinajstić information content (AvgIpc) is 2.38. The summed E-state index contributed by atoms with van der Waals surface area (Å²) >= 11 is 6.03. The first-order valence-electron chi connectivity index (χ1n) is 6.03. The van der Waals surface area contributed by atoms with Crippen LogP contribution in [0.3, 0.4) is 0 Å². The molecule has 0 heterocycles. The van der Waals surface area contributed by atoms with Crippen LogP contribution in [0.25, 0.3) is 0 Å². The van der Waals surface area contributed by atoms with Crippen molar-refractivity contribution in [2.24, 2.45) is 0 Å². The van der Waals surface area contributed by atoms with Gasteiger partial charge >= 0.3 is 0 Å². The van der Waals surface area contributed by atoms with Gasteiger partial charge in [-0.25, -0.2) is 4.39 Å². The Morgan fingerprint density at radius 2 is 1.89 bits per heavy atom. The number of hydrogen-bond acceptors (Lipinski definition) is 2. The van der Waals surface area contributed by atoms with Gasteiger partial charge in [-0.2, -0.15) is 0 Å². The van der Waals surface area contributed by atoms with Crippen molar-refractivity contribution in [1.29, 1.82) is 0 Å². The first-order chi connectivity index (χ1) is 9.08. The van der Waals surface area contributed by atoms with Crippen molar-refractivity contribution < 1.29 is 9.50 Å². The highest BCUT2D eigenvalue weighted by Gasteiger charge is 2.09. The minimum absolute atomic E-state index is 0.0382. The smallest absolute Gasteiger partial charge is 0.123 e. The maximum Gasteiger partial charge on any atom is 0.123 e. The summed E-state index contributed by atoms with van der Waals surface area (Å²) < 4.78 is 12.8. The van der Waals surface area contributed by atoms with E-state index in [1.54, 1.807) is 30.3 Å². The molecular weight excluding hydrogens is 265 g/mol. The molecule has 0 aromatic heterocycles. The summed E-state index contributed by atoms with van der Waals surface area (Å²) in [5.41, 5.74) is 1.64. The van der Waals surface area contributed by atoms with Gasteiger partial charge in [0.15, 0.2) is 0 Å². The topological polar surface area (TPSA) is 32.3 Å². The largest absolute Gasteiger partial charge is 0.508 e. The lowest BCUT2D eigenvalue weighted by molar-refractivity contribution is 0.460. The minimum Gasteiger partial charge on any atom is -0.508 e. The number of hydrogen-bond donors (Lipinski definition) is 2. The van der Waals surface area contributed by atoms with Crippen LogP contribution in [0.1, 0.15) is 24.1 Å². The first-order valence-corrected chi connectivity index (χ1v) is 6.41. The molecule has 100 valence electrons. The normalized spacial score (nSPS) is 12.4. The molecule has 0 amide bonds. The number of phenolic OH excluding ortho intramolecular Hbond substituents is 1. The van der Waals surface area contributed by atoms with E-state index in [9.17, 15) is 9.50 Å². The maximum atomic E-state index is 12.8. The summed E-state index contributed by atoms with van der Waals surface area (Å²) in [5, 5.41) is 13.5. The molecule has 0 spiro atoms. The molecule has 0 saturated heterocycles. The second-order valence-corrected chi connectivity index (χ2v) is 4.80. The summed E-state index contributed by atoms with van der Waals surface area (Å²) in [6.07, 6.45) is 0. The summed E-state index contributed by atoms with van der Waals surface area (Å²) in [7, 11) is 0. The number of halogens is 2. The molecule has 0 aliphatic rings. The molecule has 19 heavy (non-hydrogen) atoms. The third kappa shape index (κ3) is 3.46. The van der Waals surface area contributed by atoms with E-state index < -0.39 is 0 Å². The SMILES string of the molecule is C[C@@H](NCc1c(O)cccc1Cl)c1ccc(F)cc1. The van der Waals surface area contributed by atoms with E-state index in [0.717, 1.165) is 5.56 Å². The van der Waals surface area contributed by atoms with Gasteiger partial charge in [0, 0.05) is 23.2 Å². The van der Waals surface area contributed by atoms with Gasteiger partial charge in [-0.15, -0.1) is 0 Å². The van der Waals surface area contributed by atoms with Crippen LogP contribution in [0.4, 0.5) is 4.39 Å². The second-order valence-electron chi connectivity index (χ2n) is 4.39. The van der Waals surface area contributed by atoms with Crippen molar-refractivity contribution >= 4 is 11.6 Å². The highest BCUT2D eigenvalue weighted by molar-refractivity contribution is 6.31. The van der Waals surface area contributed by atoms with Gasteiger partial charge < -0.3 is 10.4 Å². The van der Waals surface area contributed by atoms with Crippen LogP contribution in [0.2, 0.25) is 5.02 Å². The Balaban J connectivity index is 2.04. The zero-order valence-corrected chi connectivity index (χ0v) is 11.3. The zero-order valence-electron chi connectivity index (χ0n) is 10.5. The predicted molar refractivity (Wildman–Crippen MR) is 74.8 cm³/mol. The van der Waals surface area contributed by atoms with E-state index in [0.29, 0.717) is 17.1 Å². The van der Waals surface area contributed by atoms with Gasteiger partial charge in [-0.1, -0.05) is 29.8 Å². The Hall–Kier alpha value is -1.58. The van der Waals surface area contributed by atoms with E-state index in [1.807, 2.05) is 6.92 Å². The van der Waals surface area contributed by atoms with E-state index in [2.05, 4.69) is 5.32 Å². The fourth-order valence-electron chi connectivity index (χ4n) is 1.85. The van der Waals surface area contributed by atoms with E-state index in [-0.39, 0.29) is 17.6 Å². The van der Waals surface area contributed by atoms with Crippen LogP contribution in [0.5, 0.6) is 5.75 Å². The van der Waals surface area contributed by atoms with Crippen molar-refractivity contribution in [1.82, 2.24) is 5.32 Å². The highest BCUT2D eigenvalue weighted by Crippen LogP contribution is 2.25. The Bertz CT molecular complexity index is 536. The molecule has 0 saturated carbocycles. The lowest BCUT2D eigenvalue weighted by atomic mass is 10.1. The molecule has 1 atom stereocenters. The molecule has 4 heteroatoms. The fourth-order valence-corrected chi connectivity index (χ4v) is 2.08. The summed E-state index contributed by atoms with van der Waals surface area (Å²) in [4.78, 5) is 0. The van der Waals surface area contributed by atoms with Crippen molar-refractivity contribution in [3.63, 3.8) is 0 Å². The number of nitrogens with one attached hydrogen (secondary N) is 1. The molecule has 0 aliphatic heterocycles. The molecule has 2 rings (SSSR count). The third-order valence-corrected chi connectivity index (χ3v) is 3.40. The predicted octanol–water partition coefficient (Wildman–Crippen LogP) is 4.04. The van der Waals surface area contributed by atoms with Crippen LogP contribution in [-0.2, 0) is 6.54 Å². The van der Waals surface area contributed by atoms with E-state index in [4.69, 9.17) is 11.6 Å². The monoisotopic (exact) mass is 279 g/mol. The van der Waals surface area contributed by atoms with Crippen LogP contribution >= 0.6 is 11.6 Å². The summed E-state index contributed by atoms with van der Waals surface area (Å²) in [5.74, 6) is -0.0778.